The zero-order chi connectivity index (χ0) is 34.7. The van der Waals surface area contributed by atoms with Crippen LogP contribution >= 0.6 is 0 Å². The van der Waals surface area contributed by atoms with Crippen molar-refractivity contribution in [2.45, 2.75) is 13.0 Å². The summed E-state index contributed by atoms with van der Waals surface area (Å²) in [6, 6.07) is 19.6. The van der Waals surface area contributed by atoms with Gasteiger partial charge in [-0.2, -0.15) is 0 Å². The highest BCUT2D eigenvalue weighted by Crippen LogP contribution is 2.22. The number of benzene rings is 3. The number of hydrogen-bond acceptors (Lipinski definition) is 5. The predicted molar refractivity (Wildman–Crippen MR) is 176 cm³/mol. The fourth-order valence-corrected chi connectivity index (χ4v) is 5.78. The summed E-state index contributed by atoms with van der Waals surface area (Å²) in [5.41, 5.74) is 0.347. The Morgan fingerprint density at radius 3 is 2.06 bits per heavy atom. The lowest BCUT2D eigenvalue weighted by Gasteiger charge is -2.35. The minimum absolute atomic E-state index is 0.0894. The van der Waals surface area contributed by atoms with E-state index in [0.717, 1.165) is 22.0 Å². The average molecular weight is 671 g/mol. The number of amides is 1. The molecule has 1 saturated heterocycles. The number of aromatic nitrogens is 2. The van der Waals surface area contributed by atoms with Crippen LogP contribution in [0.1, 0.15) is 22.3 Å². The van der Waals surface area contributed by atoms with Crippen molar-refractivity contribution in [1.29, 1.82) is 0 Å². The lowest BCUT2D eigenvalue weighted by atomic mass is 10.0. The minimum Gasteiger partial charge on any atom is -0.507 e. The molecule has 0 spiro atoms. The number of aliphatic hydroxyl groups excluding tert-OH is 1. The van der Waals surface area contributed by atoms with Gasteiger partial charge in [-0.15, -0.1) is 0 Å². The summed E-state index contributed by atoms with van der Waals surface area (Å²) in [6.07, 6.45) is 5.27. The maximum absolute atomic E-state index is 14.5. The Balaban J connectivity index is 1.21. The molecule has 1 N–H and O–H groups in total. The molecule has 0 radical (unpaired) electrons. The highest BCUT2D eigenvalue weighted by molar-refractivity contribution is 6.41. The number of rotatable bonds is 9. The lowest BCUT2D eigenvalue weighted by molar-refractivity contribution is -0.142. The van der Waals surface area contributed by atoms with Crippen LogP contribution in [0.2, 0.25) is 0 Å². The molecule has 5 aromatic rings. The number of nitrogens with zero attached hydrogens (tertiary/aromatic N) is 4. The van der Waals surface area contributed by atoms with Gasteiger partial charge in [0.1, 0.15) is 29.0 Å². The lowest BCUT2D eigenvalue weighted by Crippen LogP contribution is -2.50. The van der Waals surface area contributed by atoms with Crippen molar-refractivity contribution in [3.8, 4) is 5.69 Å². The van der Waals surface area contributed by atoms with E-state index in [9.17, 15) is 37.1 Å². The number of pyridine rings is 1. The molecule has 1 amide bonds. The third kappa shape index (κ3) is 7.33. The van der Waals surface area contributed by atoms with E-state index < -0.39 is 63.8 Å². The molecule has 0 aliphatic carbocycles. The Labute approximate surface area is 278 Å². The van der Waals surface area contributed by atoms with E-state index in [0.29, 0.717) is 31.3 Å². The Kier molecular flexibility index (Phi) is 9.47. The zero-order valence-electron chi connectivity index (χ0n) is 26.0. The first kappa shape index (κ1) is 33.0. The topological polar surface area (TPSA) is 87.8 Å². The van der Waals surface area contributed by atoms with Crippen LogP contribution in [0.15, 0.2) is 108 Å². The third-order valence-electron chi connectivity index (χ3n) is 8.37. The molecule has 3 aromatic carbocycles. The summed E-state index contributed by atoms with van der Waals surface area (Å²) in [4.78, 5) is 43.0. The van der Waals surface area contributed by atoms with E-state index in [-0.39, 0.29) is 30.8 Å². The number of halogens is 4. The van der Waals surface area contributed by atoms with Crippen LogP contribution in [0.4, 0.5) is 23.2 Å². The molecule has 8 nitrogen and oxygen atoms in total. The van der Waals surface area contributed by atoms with Gasteiger partial charge in [0.25, 0.3) is 11.5 Å². The van der Waals surface area contributed by atoms with Crippen LogP contribution in [0.25, 0.3) is 11.4 Å². The number of piperazine rings is 1. The molecule has 1 fully saturated rings. The maximum atomic E-state index is 14.5. The molecule has 49 heavy (non-hydrogen) atoms. The largest absolute Gasteiger partial charge is 0.507 e. The van der Waals surface area contributed by atoms with Gasteiger partial charge in [0.2, 0.25) is 5.78 Å². The monoisotopic (exact) mass is 670 g/mol. The molecule has 0 unspecified atom stereocenters. The quantitative estimate of drug-likeness (QED) is 0.0949. The third-order valence-corrected chi connectivity index (χ3v) is 8.37. The van der Waals surface area contributed by atoms with Gasteiger partial charge in [0.05, 0.1) is 12.1 Å². The summed E-state index contributed by atoms with van der Waals surface area (Å²) in [5, 5.41) is 11.0. The number of hydrogen-bond donors (Lipinski definition) is 1. The summed E-state index contributed by atoms with van der Waals surface area (Å²) in [5.74, 6) is -6.88. The van der Waals surface area contributed by atoms with E-state index >= 15 is 0 Å². The van der Waals surface area contributed by atoms with Gasteiger partial charge in [-0.05, 0) is 54.1 Å². The van der Waals surface area contributed by atoms with Crippen molar-refractivity contribution in [2.75, 3.05) is 31.1 Å². The molecular formula is C37H30F4N4O4. The number of carbonyl (C=O) groups excluding carboxylic acids is 2. The summed E-state index contributed by atoms with van der Waals surface area (Å²) >= 11 is 0. The molecule has 2 aromatic heterocycles. The van der Waals surface area contributed by atoms with Crippen molar-refractivity contribution in [2.24, 2.45) is 0 Å². The van der Waals surface area contributed by atoms with Crippen LogP contribution in [0.3, 0.4) is 0 Å². The second-order valence-corrected chi connectivity index (χ2v) is 11.6. The normalized spacial score (nSPS) is 13.5. The van der Waals surface area contributed by atoms with E-state index in [1.54, 1.807) is 6.07 Å². The number of ketones is 1. The fraction of sp³-hybridized carbons (Fsp3) is 0.162. The second kappa shape index (κ2) is 14.1. The standard InChI is InChI=1S/C37H30F4N4O4/c38-26-19-32(40)29(33(41)20-26)17-24-18-30(36(48)45(22-24)23-25-5-1-2-6-31(25)39)34(46)21-35(47)37(49)44-15-13-43(14-16-44)28-9-7-27(8-10-28)42-11-3-4-12-42/h1-12,18-22,46H,13-17,23H2/b34-21+. The van der Waals surface area contributed by atoms with Gasteiger partial charge in [-0.1, -0.05) is 18.2 Å². The molecule has 0 bridgehead atoms. The summed E-state index contributed by atoms with van der Waals surface area (Å²) in [6.45, 7) is 1.06. The minimum atomic E-state index is -1.17. The first-order chi connectivity index (χ1) is 23.6. The molecule has 3 heterocycles. The van der Waals surface area contributed by atoms with E-state index in [1.165, 1.54) is 29.3 Å². The first-order valence-corrected chi connectivity index (χ1v) is 15.4. The van der Waals surface area contributed by atoms with Crippen LogP contribution in [0, 0.1) is 23.3 Å². The average Bonchev–Trinajstić information content (AvgIpc) is 3.64. The van der Waals surface area contributed by atoms with Gasteiger partial charge < -0.3 is 24.0 Å². The second-order valence-electron chi connectivity index (χ2n) is 11.6. The predicted octanol–water partition coefficient (Wildman–Crippen LogP) is 5.65. The first-order valence-electron chi connectivity index (χ1n) is 15.4. The van der Waals surface area contributed by atoms with Crippen molar-refractivity contribution in [3.05, 3.63) is 159 Å². The smallest absolute Gasteiger partial charge is 0.294 e. The van der Waals surface area contributed by atoms with Gasteiger partial charge in [-0.3, -0.25) is 14.4 Å². The molecule has 6 rings (SSSR count). The molecule has 0 saturated carbocycles. The molecule has 1 aliphatic rings. The SMILES string of the molecule is O=C(/C=C(/O)c1cc(Cc2c(F)cc(F)cc2F)cn(Cc2ccccc2F)c1=O)C(=O)N1CCN(c2ccc(-n3cccc3)cc2)CC1. The van der Waals surface area contributed by atoms with Crippen LogP contribution in [-0.2, 0) is 22.6 Å². The van der Waals surface area contributed by atoms with Crippen molar-refractivity contribution < 1.29 is 32.3 Å². The number of aliphatic hydroxyl groups is 1. The Morgan fingerprint density at radius 2 is 1.41 bits per heavy atom. The highest BCUT2D eigenvalue weighted by atomic mass is 19.1. The van der Waals surface area contributed by atoms with Gasteiger partial charge in [-0.25, -0.2) is 17.6 Å². The molecule has 1 aliphatic heterocycles. The highest BCUT2D eigenvalue weighted by Gasteiger charge is 2.26. The molecule has 12 heteroatoms. The van der Waals surface area contributed by atoms with E-state index in [4.69, 9.17) is 0 Å². The number of anilines is 1. The van der Waals surface area contributed by atoms with Crippen LogP contribution in [0.5, 0.6) is 0 Å². The Morgan fingerprint density at radius 1 is 0.776 bits per heavy atom. The van der Waals surface area contributed by atoms with Crippen LogP contribution < -0.4 is 10.5 Å². The van der Waals surface area contributed by atoms with Gasteiger partial charge >= 0.3 is 0 Å². The fourth-order valence-electron chi connectivity index (χ4n) is 5.78. The Hall–Kier alpha value is -5.91. The molecular weight excluding hydrogens is 640 g/mol. The zero-order valence-corrected chi connectivity index (χ0v) is 26.0. The van der Waals surface area contributed by atoms with E-state index in [2.05, 4.69) is 4.90 Å². The van der Waals surface area contributed by atoms with Crippen molar-refractivity contribution >= 4 is 23.1 Å². The van der Waals surface area contributed by atoms with Crippen molar-refractivity contribution in [3.63, 3.8) is 0 Å². The molecule has 250 valence electrons. The summed E-state index contributed by atoms with van der Waals surface area (Å²) in [7, 11) is 0. The summed E-state index contributed by atoms with van der Waals surface area (Å²) < 4.78 is 60.0. The van der Waals surface area contributed by atoms with Gasteiger partial charge in [0, 0.05) is 91.9 Å². The number of carbonyl (C=O) groups is 2. The molecule has 0 atom stereocenters. The van der Waals surface area contributed by atoms with Crippen molar-refractivity contribution in [1.82, 2.24) is 14.0 Å². The maximum Gasteiger partial charge on any atom is 0.294 e. The van der Waals surface area contributed by atoms with Crippen LogP contribution in [-0.4, -0.2) is 57.0 Å². The van der Waals surface area contributed by atoms with E-state index in [1.807, 2.05) is 53.4 Å². The van der Waals surface area contributed by atoms with Gasteiger partial charge in [0.15, 0.2) is 0 Å². The Bertz CT molecular complexity index is 2080.